The highest BCUT2D eigenvalue weighted by molar-refractivity contribution is 5.86. The van der Waals surface area contributed by atoms with Crippen LogP contribution in [0.15, 0.2) is 0 Å². The third-order valence-corrected chi connectivity index (χ3v) is 3.60. The molecule has 98 valence electrons. The zero-order valence-corrected chi connectivity index (χ0v) is 10.2. The number of nitrogens with one attached hydrogen (secondary N) is 1. The van der Waals surface area contributed by atoms with Crippen LogP contribution in [0.5, 0.6) is 0 Å². The molecule has 2 rings (SSSR count). The van der Waals surface area contributed by atoms with Crippen molar-refractivity contribution in [2.45, 2.75) is 43.7 Å². The first-order chi connectivity index (χ1) is 8.21. The number of amides is 1. The summed E-state index contributed by atoms with van der Waals surface area (Å²) in [6.45, 7) is 2.54. The van der Waals surface area contributed by atoms with Gasteiger partial charge in [0, 0.05) is 26.4 Å². The summed E-state index contributed by atoms with van der Waals surface area (Å²) in [7, 11) is 0. The van der Waals surface area contributed by atoms with E-state index in [1.807, 2.05) is 0 Å². The van der Waals surface area contributed by atoms with Gasteiger partial charge in [0.2, 0.25) is 5.91 Å². The van der Waals surface area contributed by atoms with Gasteiger partial charge in [-0.25, -0.2) is 0 Å². The maximum absolute atomic E-state index is 12.0. The third-order valence-electron chi connectivity index (χ3n) is 3.60. The number of rotatable bonds is 3. The van der Waals surface area contributed by atoms with Crippen LogP contribution in [0.1, 0.15) is 32.1 Å². The fourth-order valence-electron chi connectivity index (χ4n) is 2.31. The van der Waals surface area contributed by atoms with Gasteiger partial charge in [-0.15, -0.1) is 0 Å². The predicted octanol–water partition coefficient (Wildman–Crippen LogP) is 0.180. The summed E-state index contributed by atoms with van der Waals surface area (Å²) in [5.74, 6) is -0.0602. The molecule has 17 heavy (non-hydrogen) atoms. The van der Waals surface area contributed by atoms with Crippen LogP contribution < -0.4 is 11.1 Å². The smallest absolute Gasteiger partial charge is 0.240 e. The second kappa shape index (κ2) is 5.80. The van der Waals surface area contributed by atoms with Gasteiger partial charge in [-0.1, -0.05) is 0 Å². The molecule has 2 heterocycles. The molecular formula is C12H22N2O3. The van der Waals surface area contributed by atoms with E-state index in [1.54, 1.807) is 0 Å². The van der Waals surface area contributed by atoms with Crippen molar-refractivity contribution in [1.82, 2.24) is 5.32 Å². The predicted molar refractivity (Wildman–Crippen MR) is 63.6 cm³/mol. The molecule has 1 atom stereocenters. The van der Waals surface area contributed by atoms with Crippen LogP contribution in [-0.2, 0) is 14.3 Å². The van der Waals surface area contributed by atoms with Crippen molar-refractivity contribution in [2.75, 3.05) is 26.4 Å². The Labute approximate surface area is 102 Å². The summed E-state index contributed by atoms with van der Waals surface area (Å²) in [4.78, 5) is 12.0. The molecule has 1 amide bonds. The number of hydrogen-bond acceptors (Lipinski definition) is 4. The average Bonchev–Trinajstić information content (AvgIpc) is 2.38. The van der Waals surface area contributed by atoms with Crippen molar-refractivity contribution < 1.29 is 14.3 Å². The Bertz CT molecular complexity index is 258. The molecule has 0 aliphatic carbocycles. The lowest BCUT2D eigenvalue weighted by molar-refractivity contribution is -0.130. The maximum atomic E-state index is 12.0. The first-order valence-electron chi connectivity index (χ1n) is 6.47. The molecular weight excluding hydrogens is 220 g/mol. The van der Waals surface area contributed by atoms with Crippen LogP contribution in [0, 0.1) is 0 Å². The van der Waals surface area contributed by atoms with E-state index >= 15 is 0 Å². The van der Waals surface area contributed by atoms with E-state index in [0.717, 1.165) is 19.4 Å². The number of hydrogen-bond donors (Lipinski definition) is 2. The van der Waals surface area contributed by atoms with Crippen molar-refractivity contribution in [2.24, 2.45) is 5.73 Å². The summed E-state index contributed by atoms with van der Waals surface area (Å²) < 4.78 is 10.8. The second-order valence-corrected chi connectivity index (χ2v) is 4.97. The van der Waals surface area contributed by atoms with Gasteiger partial charge in [-0.2, -0.15) is 0 Å². The summed E-state index contributed by atoms with van der Waals surface area (Å²) in [5, 5.41) is 2.92. The van der Waals surface area contributed by atoms with E-state index in [1.165, 1.54) is 6.42 Å². The van der Waals surface area contributed by atoms with Gasteiger partial charge >= 0.3 is 0 Å². The van der Waals surface area contributed by atoms with Gasteiger partial charge in [-0.3, -0.25) is 4.79 Å². The summed E-state index contributed by atoms with van der Waals surface area (Å²) in [5.41, 5.74) is 5.34. The van der Waals surface area contributed by atoms with Gasteiger partial charge < -0.3 is 20.5 Å². The molecule has 0 spiro atoms. The Morgan fingerprint density at radius 1 is 1.29 bits per heavy atom. The van der Waals surface area contributed by atoms with Crippen LogP contribution in [-0.4, -0.2) is 43.9 Å². The molecule has 3 N–H and O–H groups in total. The molecule has 2 aliphatic rings. The van der Waals surface area contributed by atoms with Crippen molar-refractivity contribution in [3.63, 3.8) is 0 Å². The molecule has 0 radical (unpaired) electrons. The van der Waals surface area contributed by atoms with Gasteiger partial charge in [0.15, 0.2) is 0 Å². The van der Waals surface area contributed by atoms with Gasteiger partial charge in [0.05, 0.1) is 11.6 Å². The normalized spacial score (nSPS) is 28.6. The van der Waals surface area contributed by atoms with Crippen LogP contribution in [0.4, 0.5) is 0 Å². The van der Waals surface area contributed by atoms with E-state index in [9.17, 15) is 4.79 Å². The molecule has 5 heteroatoms. The van der Waals surface area contributed by atoms with Crippen molar-refractivity contribution in [3.05, 3.63) is 0 Å². The van der Waals surface area contributed by atoms with Gasteiger partial charge in [0.25, 0.3) is 0 Å². The quantitative estimate of drug-likeness (QED) is 0.740. The average molecular weight is 242 g/mol. The van der Waals surface area contributed by atoms with Crippen molar-refractivity contribution >= 4 is 5.91 Å². The number of nitrogens with two attached hydrogens (primary N) is 1. The summed E-state index contributed by atoms with van der Waals surface area (Å²) >= 11 is 0. The van der Waals surface area contributed by atoms with E-state index < -0.39 is 5.54 Å². The third kappa shape index (κ3) is 3.40. The minimum atomic E-state index is -0.743. The topological polar surface area (TPSA) is 73.6 Å². The van der Waals surface area contributed by atoms with Gasteiger partial charge in [0.1, 0.15) is 0 Å². The van der Waals surface area contributed by atoms with Crippen LogP contribution >= 0.6 is 0 Å². The maximum Gasteiger partial charge on any atom is 0.240 e. The lowest BCUT2D eigenvalue weighted by Crippen LogP contribution is -2.57. The first kappa shape index (κ1) is 12.8. The Balaban J connectivity index is 1.75. The van der Waals surface area contributed by atoms with Gasteiger partial charge in [-0.05, 0) is 32.1 Å². The fourth-order valence-corrected chi connectivity index (χ4v) is 2.31. The SMILES string of the molecule is NC1(C(=O)NCC2CCCCO2)CCOCC1. The number of ether oxygens (including phenoxy) is 2. The minimum Gasteiger partial charge on any atom is -0.381 e. The van der Waals surface area contributed by atoms with E-state index in [0.29, 0.717) is 32.6 Å². The van der Waals surface area contributed by atoms with E-state index in [-0.39, 0.29) is 12.0 Å². The molecule has 1 unspecified atom stereocenters. The van der Waals surface area contributed by atoms with Crippen LogP contribution in [0.25, 0.3) is 0 Å². The molecule has 0 aromatic rings. The molecule has 2 aliphatic heterocycles. The van der Waals surface area contributed by atoms with Crippen molar-refractivity contribution in [3.8, 4) is 0 Å². The highest BCUT2D eigenvalue weighted by atomic mass is 16.5. The van der Waals surface area contributed by atoms with E-state index in [4.69, 9.17) is 15.2 Å². The molecule has 0 bridgehead atoms. The Hall–Kier alpha value is -0.650. The van der Waals surface area contributed by atoms with E-state index in [2.05, 4.69) is 5.32 Å². The van der Waals surface area contributed by atoms with Crippen molar-refractivity contribution in [1.29, 1.82) is 0 Å². The summed E-state index contributed by atoms with van der Waals surface area (Å²) in [6, 6.07) is 0. The lowest BCUT2D eigenvalue weighted by atomic mass is 9.90. The lowest BCUT2D eigenvalue weighted by Gasteiger charge is -2.32. The molecule has 2 saturated heterocycles. The minimum absolute atomic E-state index is 0.0602. The largest absolute Gasteiger partial charge is 0.381 e. The molecule has 5 nitrogen and oxygen atoms in total. The fraction of sp³-hybridized carbons (Fsp3) is 0.917. The summed E-state index contributed by atoms with van der Waals surface area (Å²) in [6.07, 6.45) is 4.71. The highest BCUT2D eigenvalue weighted by Crippen LogP contribution is 2.18. The Morgan fingerprint density at radius 3 is 2.71 bits per heavy atom. The van der Waals surface area contributed by atoms with Crippen LogP contribution in [0.3, 0.4) is 0 Å². The molecule has 0 aromatic carbocycles. The second-order valence-electron chi connectivity index (χ2n) is 4.97. The molecule has 0 aromatic heterocycles. The Kier molecular flexibility index (Phi) is 4.36. The molecule has 2 fully saturated rings. The highest BCUT2D eigenvalue weighted by Gasteiger charge is 2.35. The first-order valence-corrected chi connectivity index (χ1v) is 6.47. The monoisotopic (exact) mass is 242 g/mol. The zero-order chi connectivity index (χ0) is 12.1. The number of carbonyl (C=O) groups is 1. The standard InChI is InChI=1S/C12H22N2O3/c13-12(4-7-16-8-5-12)11(15)14-9-10-3-1-2-6-17-10/h10H,1-9,13H2,(H,14,15). The van der Waals surface area contributed by atoms with Crippen LogP contribution in [0.2, 0.25) is 0 Å². The molecule has 0 saturated carbocycles. The Morgan fingerprint density at radius 2 is 2.06 bits per heavy atom. The number of carbonyl (C=O) groups excluding carboxylic acids is 1. The zero-order valence-electron chi connectivity index (χ0n) is 10.2.